The van der Waals surface area contributed by atoms with Crippen LogP contribution in [0.1, 0.15) is 22.4 Å². The summed E-state index contributed by atoms with van der Waals surface area (Å²) in [6.07, 6.45) is 1.68. The van der Waals surface area contributed by atoms with Crippen LogP contribution in [0.25, 0.3) is 0 Å². The van der Waals surface area contributed by atoms with E-state index in [1.165, 1.54) is 0 Å². The summed E-state index contributed by atoms with van der Waals surface area (Å²) in [5.41, 5.74) is 3.43. The Kier molecular flexibility index (Phi) is 7.13. The fourth-order valence-electron chi connectivity index (χ4n) is 2.82. The summed E-state index contributed by atoms with van der Waals surface area (Å²) in [5.74, 6) is 12.7. The Morgan fingerprint density at radius 1 is 0.625 bits per heavy atom. The first-order valence-corrected chi connectivity index (χ1v) is 10.1. The summed E-state index contributed by atoms with van der Waals surface area (Å²) in [6, 6.07) is 29.1. The first kappa shape index (κ1) is 20.7. The minimum atomic E-state index is 0.428. The summed E-state index contributed by atoms with van der Waals surface area (Å²) < 4.78 is 11.6. The number of ether oxygens (including phenoxy) is 2. The third kappa shape index (κ3) is 6.23. The molecule has 0 radical (unpaired) electrons. The summed E-state index contributed by atoms with van der Waals surface area (Å²) in [4.78, 5) is 8.70. The molecule has 0 saturated heterocycles. The maximum absolute atomic E-state index is 5.83. The highest BCUT2D eigenvalue weighted by Crippen LogP contribution is 2.15. The van der Waals surface area contributed by atoms with Gasteiger partial charge in [0, 0.05) is 12.3 Å². The molecule has 0 spiro atoms. The van der Waals surface area contributed by atoms with Gasteiger partial charge in [0.25, 0.3) is 0 Å². The average Bonchev–Trinajstić information content (AvgIpc) is 2.86. The van der Waals surface area contributed by atoms with Crippen LogP contribution in [0.15, 0.2) is 97.2 Å². The lowest BCUT2D eigenvalue weighted by molar-refractivity contribution is 0.293. The molecule has 4 heteroatoms. The molecule has 4 nitrogen and oxygen atoms in total. The molecule has 4 aromatic rings. The molecule has 0 bridgehead atoms. The zero-order valence-electron chi connectivity index (χ0n) is 17.4. The van der Waals surface area contributed by atoms with E-state index in [0.29, 0.717) is 36.2 Å². The van der Waals surface area contributed by atoms with E-state index >= 15 is 0 Å². The largest absolute Gasteiger partial charge is 0.473 e. The fraction of sp³-hybridized carbons (Fsp3) is 0.0714. The standard InChI is InChI=1S/C28H20N2O2/c1-3-11-23(12-4-1)21-31-27-19-9-18-26(30-27)17-8-7-15-25-16-10-20-29-28(25)32-22-24-13-5-2-6-14-24/h1-6,9-14,16,18-20H,21-22H2. The topological polar surface area (TPSA) is 44.2 Å². The SMILES string of the molecule is C(C#Cc1cccnc1OCc1ccccc1)#Cc1cccc(OCc2ccccc2)n1. The second-order valence-corrected chi connectivity index (χ2v) is 6.77. The number of pyridine rings is 2. The van der Waals surface area contributed by atoms with E-state index in [1.54, 1.807) is 6.20 Å². The molecule has 0 amide bonds. The van der Waals surface area contributed by atoms with E-state index in [2.05, 4.69) is 33.6 Å². The Bertz CT molecular complexity index is 1280. The van der Waals surface area contributed by atoms with Gasteiger partial charge in [-0.25, -0.2) is 9.97 Å². The zero-order chi connectivity index (χ0) is 21.8. The predicted molar refractivity (Wildman–Crippen MR) is 124 cm³/mol. The molecule has 2 aromatic carbocycles. The molecule has 2 aromatic heterocycles. The van der Waals surface area contributed by atoms with Crippen molar-refractivity contribution in [2.45, 2.75) is 13.2 Å². The molecule has 154 valence electrons. The van der Waals surface area contributed by atoms with Crippen LogP contribution >= 0.6 is 0 Å². The van der Waals surface area contributed by atoms with Crippen LogP contribution in [0.3, 0.4) is 0 Å². The quantitative estimate of drug-likeness (QED) is 0.413. The van der Waals surface area contributed by atoms with Crippen LogP contribution in [-0.4, -0.2) is 9.97 Å². The van der Waals surface area contributed by atoms with Gasteiger partial charge in [0.05, 0.1) is 5.56 Å². The third-order valence-electron chi connectivity index (χ3n) is 4.39. The highest BCUT2D eigenvalue weighted by molar-refractivity contribution is 5.46. The van der Waals surface area contributed by atoms with Crippen molar-refractivity contribution in [3.8, 4) is 35.4 Å². The highest BCUT2D eigenvalue weighted by Gasteiger charge is 2.02. The number of aromatic nitrogens is 2. The van der Waals surface area contributed by atoms with E-state index < -0.39 is 0 Å². The van der Waals surface area contributed by atoms with Gasteiger partial charge in [-0.1, -0.05) is 66.7 Å². The van der Waals surface area contributed by atoms with E-state index in [0.717, 1.165) is 11.1 Å². The van der Waals surface area contributed by atoms with Crippen molar-refractivity contribution in [1.29, 1.82) is 0 Å². The maximum atomic E-state index is 5.83. The summed E-state index contributed by atoms with van der Waals surface area (Å²) in [5, 5.41) is 0. The van der Waals surface area contributed by atoms with Crippen LogP contribution in [0, 0.1) is 23.7 Å². The minimum Gasteiger partial charge on any atom is -0.473 e. The summed E-state index contributed by atoms with van der Waals surface area (Å²) in [7, 11) is 0. The summed E-state index contributed by atoms with van der Waals surface area (Å²) in [6.45, 7) is 0.884. The number of hydrogen-bond acceptors (Lipinski definition) is 4. The van der Waals surface area contributed by atoms with Crippen LogP contribution < -0.4 is 9.47 Å². The molecule has 0 N–H and O–H groups in total. The molecule has 2 heterocycles. The number of benzene rings is 2. The van der Waals surface area contributed by atoms with E-state index in [-0.39, 0.29) is 0 Å². The highest BCUT2D eigenvalue weighted by atomic mass is 16.5. The van der Waals surface area contributed by atoms with Crippen molar-refractivity contribution in [2.75, 3.05) is 0 Å². The summed E-state index contributed by atoms with van der Waals surface area (Å²) >= 11 is 0. The second-order valence-electron chi connectivity index (χ2n) is 6.77. The van der Waals surface area contributed by atoms with Gasteiger partial charge in [0.2, 0.25) is 11.8 Å². The van der Waals surface area contributed by atoms with Gasteiger partial charge in [-0.3, -0.25) is 0 Å². The van der Waals surface area contributed by atoms with Gasteiger partial charge in [-0.2, -0.15) is 0 Å². The zero-order valence-corrected chi connectivity index (χ0v) is 17.4. The van der Waals surface area contributed by atoms with E-state index in [1.807, 2.05) is 91.0 Å². The lowest BCUT2D eigenvalue weighted by atomic mass is 10.2. The lowest BCUT2D eigenvalue weighted by Gasteiger charge is -2.06. The Morgan fingerprint density at radius 3 is 2.06 bits per heavy atom. The van der Waals surface area contributed by atoms with Crippen LogP contribution in [0.2, 0.25) is 0 Å². The molecule has 0 aliphatic rings. The van der Waals surface area contributed by atoms with Gasteiger partial charge in [-0.15, -0.1) is 0 Å². The Balaban J connectivity index is 1.39. The van der Waals surface area contributed by atoms with Gasteiger partial charge in [0.1, 0.15) is 18.9 Å². The molecule has 0 saturated carbocycles. The second kappa shape index (κ2) is 11.0. The lowest BCUT2D eigenvalue weighted by Crippen LogP contribution is -1.98. The Labute approximate surface area is 187 Å². The van der Waals surface area contributed by atoms with E-state index in [9.17, 15) is 0 Å². The van der Waals surface area contributed by atoms with Crippen molar-refractivity contribution in [3.05, 3.63) is 120 Å². The first-order valence-electron chi connectivity index (χ1n) is 10.1. The van der Waals surface area contributed by atoms with Gasteiger partial charge in [-0.05, 0) is 53.0 Å². The van der Waals surface area contributed by atoms with Crippen molar-refractivity contribution >= 4 is 0 Å². The van der Waals surface area contributed by atoms with Gasteiger partial charge in [0.15, 0.2) is 0 Å². The normalized spacial score (nSPS) is 9.62. The van der Waals surface area contributed by atoms with Crippen LogP contribution in [0.5, 0.6) is 11.8 Å². The van der Waals surface area contributed by atoms with Gasteiger partial charge < -0.3 is 9.47 Å². The number of nitrogens with zero attached hydrogens (tertiary/aromatic N) is 2. The molecule has 0 aliphatic carbocycles. The predicted octanol–water partition coefficient (Wildman–Crippen LogP) is 5.04. The Morgan fingerprint density at radius 2 is 1.31 bits per heavy atom. The van der Waals surface area contributed by atoms with Gasteiger partial charge >= 0.3 is 0 Å². The Hall–Kier alpha value is -4.54. The minimum absolute atomic E-state index is 0.428. The molecule has 0 aliphatic heterocycles. The maximum Gasteiger partial charge on any atom is 0.229 e. The molecule has 4 rings (SSSR count). The monoisotopic (exact) mass is 416 g/mol. The molecule has 0 atom stereocenters. The van der Waals surface area contributed by atoms with Crippen molar-refractivity contribution in [3.63, 3.8) is 0 Å². The molecule has 0 unspecified atom stereocenters. The van der Waals surface area contributed by atoms with Crippen molar-refractivity contribution < 1.29 is 9.47 Å². The number of hydrogen-bond donors (Lipinski definition) is 0. The van der Waals surface area contributed by atoms with Crippen LogP contribution in [-0.2, 0) is 13.2 Å². The number of rotatable bonds is 6. The molecular weight excluding hydrogens is 396 g/mol. The van der Waals surface area contributed by atoms with E-state index in [4.69, 9.17) is 9.47 Å². The first-order chi connectivity index (χ1) is 15.9. The average molecular weight is 416 g/mol. The van der Waals surface area contributed by atoms with Crippen molar-refractivity contribution in [1.82, 2.24) is 9.97 Å². The van der Waals surface area contributed by atoms with Crippen molar-refractivity contribution in [2.24, 2.45) is 0 Å². The molecular formula is C28H20N2O2. The molecule has 32 heavy (non-hydrogen) atoms. The van der Waals surface area contributed by atoms with Crippen LogP contribution in [0.4, 0.5) is 0 Å². The fourth-order valence-corrected chi connectivity index (χ4v) is 2.82. The third-order valence-corrected chi connectivity index (χ3v) is 4.39. The smallest absolute Gasteiger partial charge is 0.229 e. The molecule has 0 fully saturated rings.